The van der Waals surface area contributed by atoms with E-state index in [2.05, 4.69) is 37.5 Å². The number of fused-ring (bicyclic) bond motifs is 5. The Morgan fingerprint density at radius 1 is 0.508 bits per heavy atom. The van der Waals surface area contributed by atoms with Crippen molar-refractivity contribution in [1.82, 2.24) is 35.0 Å². The maximum atomic E-state index is 9.31. The van der Waals surface area contributed by atoms with Crippen LogP contribution in [0.15, 0.2) is 146 Å². The average Bonchev–Trinajstić information content (AvgIpc) is 3.86. The van der Waals surface area contributed by atoms with Gasteiger partial charge in [0, 0.05) is 43.2 Å². The number of benzene rings is 7. The van der Waals surface area contributed by atoms with Crippen molar-refractivity contribution in [2.45, 2.75) is 47.3 Å². The molecule has 10 rings (SSSR count). The van der Waals surface area contributed by atoms with E-state index in [0.29, 0.717) is 5.52 Å². The van der Waals surface area contributed by atoms with Gasteiger partial charge in [-0.2, -0.15) is 42.1 Å². The van der Waals surface area contributed by atoms with E-state index in [1.165, 1.54) is 0 Å². The molecule has 59 heavy (non-hydrogen) atoms. The smallest absolute Gasteiger partial charge is 0.141 e. The first kappa shape index (κ1) is 41.9. The van der Waals surface area contributed by atoms with Crippen LogP contribution >= 0.6 is 0 Å². The van der Waals surface area contributed by atoms with Crippen LogP contribution in [0.3, 0.4) is 0 Å². The molecule has 10 aromatic rings. The fourth-order valence-electron chi connectivity index (χ4n) is 6.43. The van der Waals surface area contributed by atoms with E-state index in [1.54, 1.807) is 27.9 Å². The predicted molar refractivity (Wildman–Crippen MR) is 232 cm³/mol. The van der Waals surface area contributed by atoms with Crippen LogP contribution in [-0.4, -0.2) is 52.3 Å². The number of phenolic OH excluding ortho intramolecular Hbond substituents is 1. The predicted octanol–water partition coefficient (Wildman–Crippen LogP) is 10.9. The Kier molecular flexibility index (Phi) is 13.3. The fraction of sp³-hybridized carbons (Fsp3) is 0.146. The molecule has 0 atom stereocenters. The molecule has 7 aromatic carbocycles. The largest absolute Gasteiger partial charge is 0.548 e. The third kappa shape index (κ3) is 9.23. The van der Waals surface area contributed by atoms with Gasteiger partial charge in [0.25, 0.3) is 0 Å². The van der Waals surface area contributed by atoms with Gasteiger partial charge in [0.15, 0.2) is 0 Å². The van der Waals surface area contributed by atoms with Gasteiger partial charge in [0.1, 0.15) is 33.3 Å². The topological polar surface area (TPSA) is 113 Å². The first-order valence-electron chi connectivity index (χ1n) is 18.7. The van der Waals surface area contributed by atoms with E-state index in [0.717, 1.165) is 71.9 Å². The van der Waals surface area contributed by atoms with Crippen molar-refractivity contribution >= 4 is 54.5 Å². The third-order valence-corrected chi connectivity index (χ3v) is 8.89. The molecule has 0 spiro atoms. The standard InChI is InChI=1S/2C19H16N3O.C9H7NO.CH4.Ir/c2*1-13(2)23-19-12-11-18(14-7-3-4-8-15(14)19)22-20-16-9-5-6-10-17(16)21-22;11-8-5-1-3-7-4-2-6-10-9(7)8;;/h2*3-10,12-13H,1-2H3;1-6,11H;1H4;/q2*-1;;;. The normalized spacial score (nSPS) is 10.8. The second-order valence-electron chi connectivity index (χ2n) is 13.7. The fourth-order valence-corrected chi connectivity index (χ4v) is 6.43. The summed E-state index contributed by atoms with van der Waals surface area (Å²) < 4.78 is 11.8. The number of hydrogen-bond donors (Lipinski definition) is 1. The monoisotopic (exact) mass is 958 g/mol. The Bertz CT molecular complexity index is 2740. The summed E-state index contributed by atoms with van der Waals surface area (Å²) in [6.45, 7) is 8.07. The molecule has 10 nitrogen and oxygen atoms in total. The summed E-state index contributed by atoms with van der Waals surface area (Å²) in [6.07, 6.45) is 1.90. The maximum Gasteiger partial charge on any atom is 0.141 e. The van der Waals surface area contributed by atoms with E-state index < -0.39 is 0 Å². The minimum Gasteiger partial charge on any atom is -0.548 e. The Morgan fingerprint density at radius 3 is 1.31 bits per heavy atom. The van der Waals surface area contributed by atoms with Gasteiger partial charge in [0.2, 0.25) is 0 Å². The molecule has 0 bridgehead atoms. The number of rotatable bonds is 6. The summed E-state index contributed by atoms with van der Waals surface area (Å²) in [4.78, 5) is 7.32. The van der Waals surface area contributed by atoms with Crippen LogP contribution in [0.2, 0.25) is 0 Å². The molecule has 0 saturated heterocycles. The SMILES string of the molecule is C.CC(C)Oc1c[c-]c(-n2nc3ccccc3n2)c2ccccc12.CC(C)Oc1c[c-]c(-n2nc3ccccc3n2)c2ccccc12.Oc1cccc2cccnc12.[Ir]. The maximum absolute atomic E-state index is 9.31. The molecule has 0 aliphatic rings. The van der Waals surface area contributed by atoms with Crippen molar-refractivity contribution < 1.29 is 34.7 Å². The minimum atomic E-state index is 0. The van der Waals surface area contributed by atoms with Crippen LogP contribution in [0.5, 0.6) is 17.2 Å². The number of pyridine rings is 1. The van der Waals surface area contributed by atoms with Crippen LogP contribution < -0.4 is 9.47 Å². The van der Waals surface area contributed by atoms with Crippen LogP contribution in [0.1, 0.15) is 35.1 Å². The first-order chi connectivity index (χ1) is 27.8. The second-order valence-corrected chi connectivity index (χ2v) is 13.7. The third-order valence-electron chi connectivity index (χ3n) is 8.89. The number of phenols is 1. The molecule has 11 heteroatoms. The molecule has 0 aliphatic carbocycles. The zero-order chi connectivity index (χ0) is 39.3. The van der Waals surface area contributed by atoms with E-state index in [4.69, 9.17) is 9.47 Å². The molecule has 0 unspecified atom stereocenters. The van der Waals surface area contributed by atoms with Gasteiger partial charge in [-0.05, 0) is 75.5 Å². The van der Waals surface area contributed by atoms with Crippen LogP contribution in [-0.2, 0) is 20.1 Å². The zero-order valence-electron chi connectivity index (χ0n) is 32.2. The summed E-state index contributed by atoms with van der Waals surface area (Å²) in [6, 6.07) is 51.3. The zero-order valence-corrected chi connectivity index (χ0v) is 34.6. The van der Waals surface area contributed by atoms with Gasteiger partial charge in [-0.1, -0.05) is 108 Å². The Labute approximate surface area is 356 Å². The molecule has 299 valence electrons. The molecule has 3 aromatic heterocycles. The van der Waals surface area contributed by atoms with Gasteiger partial charge in [-0.3, -0.25) is 4.98 Å². The summed E-state index contributed by atoms with van der Waals surface area (Å²) in [5.41, 5.74) is 5.79. The Morgan fingerprint density at radius 2 is 0.898 bits per heavy atom. The number of aromatic hydroxyl groups is 1. The van der Waals surface area contributed by atoms with Gasteiger partial charge in [0.05, 0.1) is 12.2 Å². The number of aromatic nitrogens is 7. The summed E-state index contributed by atoms with van der Waals surface area (Å²) in [7, 11) is 0. The molecular weight excluding hydrogens is 915 g/mol. The minimum absolute atomic E-state index is 0. The molecule has 0 saturated carbocycles. The summed E-state index contributed by atoms with van der Waals surface area (Å²) >= 11 is 0. The van der Waals surface area contributed by atoms with Gasteiger partial charge >= 0.3 is 0 Å². The van der Waals surface area contributed by atoms with Gasteiger partial charge in [-0.15, -0.1) is 24.3 Å². The van der Waals surface area contributed by atoms with E-state index >= 15 is 0 Å². The Hall–Kier alpha value is -6.68. The number of ether oxygens (including phenoxy) is 2. The van der Waals surface area contributed by atoms with Crippen molar-refractivity contribution in [3.63, 3.8) is 0 Å². The van der Waals surface area contributed by atoms with Crippen LogP contribution in [0, 0.1) is 12.1 Å². The van der Waals surface area contributed by atoms with Gasteiger partial charge < -0.3 is 14.6 Å². The number of para-hydroxylation sites is 1. The molecule has 0 amide bonds. The molecule has 0 fully saturated rings. The van der Waals surface area contributed by atoms with Crippen molar-refractivity contribution in [1.29, 1.82) is 0 Å². The van der Waals surface area contributed by atoms with E-state index in [-0.39, 0.29) is 45.5 Å². The Balaban J connectivity index is 0.000000155. The first-order valence-corrected chi connectivity index (χ1v) is 18.7. The van der Waals surface area contributed by atoms with Gasteiger partial charge in [-0.25, -0.2) is 0 Å². The second kappa shape index (κ2) is 18.7. The molecule has 1 N–H and O–H groups in total. The molecule has 1 radical (unpaired) electrons. The summed E-state index contributed by atoms with van der Waals surface area (Å²) in [5, 5.41) is 32.6. The van der Waals surface area contributed by atoms with Crippen LogP contribution in [0.25, 0.3) is 65.9 Å². The molecule has 3 heterocycles. The van der Waals surface area contributed by atoms with Crippen molar-refractivity contribution in [2.24, 2.45) is 0 Å². The van der Waals surface area contributed by atoms with Crippen molar-refractivity contribution in [2.75, 3.05) is 0 Å². The molecule has 0 aliphatic heterocycles. The average molecular weight is 958 g/mol. The van der Waals surface area contributed by atoms with Crippen molar-refractivity contribution in [3.8, 4) is 28.6 Å². The van der Waals surface area contributed by atoms with Crippen molar-refractivity contribution in [3.05, 3.63) is 158 Å². The molecular formula is C48H43IrN7O3-2. The number of nitrogens with zero attached hydrogens (tertiary/aromatic N) is 7. The number of hydrogen-bond acceptors (Lipinski definition) is 8. The van der Waals surface area contributed by atoms with E-state index in [9.17, 15) is 5.11 Å². The van der Waals surface area contributed by atoms with E-state index in [1.807, 2.05) is 155 Å². The van der Waals surface area contributed by atoms with Crippen LogP contribution in [0.4, 0.5) is 0 Å². The quantitative estimate of drug-likeness (QED) is 0.164. The summed E-state index contributed by atoms with van der Waals surface area (Å²) in [5.74, 6) is 1.90.